The summed E-state index contributed by atoms with van der Waals surface area (Å²) in [7, 11) is 0. The van der Waals surface area contributed by atoms with E-state index in [2.05, 4.69) is 15.9 Å². The van der Waals surface area contributed by atoms with Crippen molar-refractivity contribution in [3.05, 3.63) is 0 Å². The van der Waals surface area contributed by atoms with Gasteiger partial charge >= 0.3 is 0 Å². The van der Waals surface area contributed by atoms with Gasteiger partial charge in [-0.25, -0.2) is 13.2 Å². The molecule has 0 aliphatic carbocycles. The van der Waals surface area contributed by atoms with Gasteiger partial charge in [0.25, 0.3) is 0 Å². The van der Waals surface area contributed by atoms with Crippen molar-refractivity contribution in [1.82, 2.24) is 0 Å². The molecule has 0 heterocycles. The molecule has 0 amide bonds. The summed E-state index contributed by atoms with van der Waals surface area (Å²) in [5, 5.41) is -1.86. The maximum absolute atomic E-state index is 11.5. The van der Waals surface area contributed by atoms with Gasteiger partial charge in [-0.3, -0.25) is 0 Å². The SMILES string of the molecule is FCC(F)C(F)Br. The van der Waals surface area contributed by atoms with E-state index in [-0.39, 0.29) is 0 Å². The predicted molar refractivity (Wildman–Crippen MR) is 24.7 cm³/mol. The first-order valence-electron chi connectivity index (χ1n) is 1.66. The lowest BCUT2D eigenvalue weighted by molar-refractivity contribution is 0.196. The molecule has 0 aromatic carbocycles. The molecule has 0 rings (SSSR count). The zero-order valence-corrected chi connectivity index (χ0v) is 4.96. The van der Waals surface area contributed by atoms with Gasteiger partial charge in [0, 0.05) is 0 Å². The highest BCUT2D eigenvalue weighted by Crippen LogP contribution is 2.10. The molecule has 0 saturated carbocycles. The Bertz CT molecular complexity index is 47.4. The zero-order valence-electron chi connectivity index (χ0n) is 3.37. The first kappa shape index (κ1) is 7.27. The molecule has 2 atom stereocenters. The fourth-order valence-electron chi connectivity index (χ4n) is 0.0673. The third-order valence-corrected chi connectivity index (χ3v) is 0.994. The summed E-state index contributed by atoms with van der Waals surface area (Å²) in [5.74, 6) is 0. The summed E-state index contributed by atoms with van der Waals surface area (Å²) >= 11 is 2.22. The van der Waals surface area contributed by atoms with Crippen molar-refractivity contribution in [3.63, 3.8) is 0 Å². The van der Waals surface area contributed by atoms with Crippen LogP contribution in [0.4, 0.5) is 13.2 Å². The van der Waals surface area contributed by atoms with Crippen LogP contribution < -0.4 is 0 Å². The summed E-state index contributed by atoms with van der Waals surface area (Å²) in [4.78, 5) is 0. The maximum Gasteiger partial charge on any atom is 0.188 e. The molecule has 4 heteroatoms. The molecule has 0 aromatic heterocycles. The van der Waals surface area contributed by atoms with Crippen LogP contribution in [0.3, 0.4) is 0 Å². The highest BCUT2D eigenvalue weighted by atomic mass is 79.9. The van der Waals surface area contributed by atoms with Crippen molar-refractivity contribution in [2.45, 2.75) is 11.3 Å². The summed E-state index contributed by atoms with van der Waals surface area (Å²) in [5.41, 5.74) is 0. The van der Waals surface area contributed by atoms with Crippen molar-refractivity contribution in [2.75, 3.05) is 6.67 Å². The smallest absolute Gasteiger partial charge is 0.188 e. The van der Waals surface area contributed by atoms with Crippen LogP contribution in [0.25, 0.3) is 0 Å². The van der Waals surface area contributed by atoms with Crippen LogP contribution in [0.15, 0.2) is 0 Å². The van der Waals surface area contributed by atoms with Gasteiger partial charge in [0.05, 0.1) is 0 Å². The predicted octanol–water partition coefficient (Wildman–Crippen LogP) is 1.98. The zero-order chi connectivity index (χ0) is 5.86. The van der Waals surface area contributed by atoms with Crippen LogP contribution in [0, 0.1) is 0 Å². The Labute approximate surface area is 47.8 Å². The Morgan fingerprint density at radius 1 is 1.43 bits per heavy atom. The van der Waals surface area contributed by atoms with Gasteiger partial charge in [-0.15, -0.1) is 0 Å². The Morgan fingerprint density at radius 3 is 1.86 bits per heavy atom. The second-order valence-corrected chi connectivity index (χ2v) is 1.88. The molecule has 0 aliphatic heterocycles. The largest absolute Gasteiger partial charge is 0.248 e. The van der Waals surface area contributed by atoms with Crippen molar-refractivity contribution in [2.24, 2.45) is 0 Å². The lowest BCUT2D eigenvalue weighted by Crippen LogP contribution is -2.11. The average molecular weight is 177 g/mol. The monoisotopic (exact) mass is 176 g/mol. The molecule has 0 aromatic rings. The summed E-state index contributed by atoms with van der Waals surface area (Å²) in [6.45, 7) is -1.27. The van der Waals surface area contributed by atoms with Crippen LogP contribution in [0.1, 0.15) is 0 Å². The second kappa shape index (κ2) is 3.29. The Hall–Kier alpha value is 0.270. The van der Waals surface area contributed by atoms with Crippen molar-refractivity contribution in [1.29, 1.82) is 0 Å². The van der Waals surface area contributed by atoms with Gasteiger partial charge in [-0.05, 0) is 15.9 Å². The number of hydrogen-bond donors (Lipinski definition) is 0. The number of hydrogen-bond acceptors (Lipinski definition) is 0. The van der Waals surface area contributed by atoms with Gasteiger partial charge in [0.2, 0.25) is 0 Å². The lowest BCUT2D eigenvalue weighted by atomic mass is 10.5. The third-order valence-electron chi connectivity index (χ3n) is 0.421. The topological polar surface area (TPSA) is 0 Å². The minimum absolute atomic E-state index is 1.27. The maximum atomic E-state index is 11.5. The van der Waals surface area contributed by atoms with Crippen LogP contribution in [-0.2, 0) is 0 Å². The highest BCUT2D eigenvalue weighted by Gasteiger charge is 2.15. The molecule has 0 spiro atoms. The van der Waals surface area contributed by atoms with Crippen LogP contribution in [-0.4, -0.2) is 17.9 Å². The molecule has 0 N–H and O–H groups in total. The molecule has 0 radical (unpaired) electrons. The lowest BCUT2D eigenvalue weighted by Gasteiger charge is -1.98. The van der Waals surface area contributed by atoms with Crippen LogP contribution in [0.2, 0.25) is 0 Å². The van der Waals surface area contributed by atoms with E-state index in [0.29, 0.717) is 0 Å². The van der Waals surface area contributed by atoms with Gasteiger partial charge in [-0.1, -0.05) is 0 Å². The first-order valence-corrected chi connectivity index (χ1v) is 2.58. The van der Waals surface area contributed by atoms with E-state index < -0.39 is 17.9 Å². The fourth-order valence-corrected chi connectivity index (χ4v) is 0.209. The summed E-state index contributed by atoms with van der Waals surface area (Å²) in [6, 6.07) is 0. The van der Waals surface area contributed by atoms with Gasteiger partial charge in [0.15, 0.2) is 11.3 Å². The van der Waals surface area contributed by atoms with Crippen molar-refractivity contribution in [3.8, 4) is 0 Å². The molecule has 0 nitrogen and oxygen atoms in total. The van der Waals surface area contributed by atoms with E-state index in [1.54, 1.807) is 0 Å². The number of alkyl halides is 4. The van der Waals surface area contributed by atoms with Crippen molar-refractivity contribution >= 4 is 15.9 Å². The Kier molecular flexibility index (Phi) is 3.42. The van der Waals surface area contributed by atoms with E-state index in [1.807, 2.05) is 0 Å². The molecule has 0 aliphatic rings. The van der Waals surface area contributed by atoms with Gasteiger partial charge in [0.1, 0.15) is 6.67 Å². The van der Waals surface area contributed by atoms with E-state index in [4.69, 9.17) is 0 Å². The molecule has 0 fully saturated rings. The molecule has 2 unspecified atom stereocenters. The fraction of sp³-hybridized carbons (Fsp3) is 1.00. The molecule has 7 heavy (non-hydrogen) atoms. The molecule has 0 bridgehead atoms. The van der Waals surface area contributed by atoms with Gasteiger partial charge < -0.3 is 0 Å². The normalized spacial score (nSPS) is 18.9. The second-order valence-electron chi connectivity index (χ2n) is 1.00. The van der Waals surface area contributed by atoms with Crippen LogP contribution >= 0.6 is 15.9 Å². The number of rotatable bonds is 2. The van der Waals surface area contributed by atoms with E-state index in [1.165, 1.54) is 0 Å². The third kappa shape index (κ3) is 2.91. The van der Waals surface area contributed by atoms with E-state index >= 15 is 0 Å². The molecular weight excluding hydrogens is 173 g/mol. The van der Waals surface area contributed by atoms with E-state index in [0.717, 1.165) is 0 Å². The Balaban J connectivity index is 3.14. The minimum atomic E-state index is -2.01. The first-order chi connectivity index (χ1) is 3.18. The van der Waals surface area contributed by atoms with Crippen LogP contribution in [0.5, 0.6) is 0 Å². The molecular formula is C3H4BrF3. The summed E-state index contributed by atoms with van der Waals surface area (Å²) < 4.78 is 33.8. The molecule has 44 valence electrons. The van der Waals surface area contributed by atoms with Crippen molar-refractivity contribution < 1.29 is 13.2 Å². The number of halogens is 4. The highest BCUT2D eigenvalue weighted by molar-refractivity contribution is 9.09. The van der Waals surface area contributed by atoms with E-state index in [9.17, 15) is 13.2 Å². The van der Waals surface area contributed by atoms with Gasteiger partial charge in [-0.2, -0.15) is 0 Å². The molecule has 0 saturated heterocycles. The minimum Gasteiger partial charge on any atom is -0.248 e. The average Bonchev–Trinajstić information content (AvgIpc) is 1.65. The standard InChI is InChI=1S/C3H4BrF3/c4-3(7)2(6)1-5/h2-3H,1H2. The Morgan fingerprint density at radius 2 is 1.86 bits per heavy atom. The quantitative estimate of drug-likeness (QED) is 0.565. The summed E-state index contributed by atoms with van der Waals surface area (Å²) in [6.07, 6.45) is -2.01.